The number of nitrogens with one attached hydrogen (secondary N) is 1. The van der Waals surface area contributed by atoms with Gasteiger partial charge in [-0.1, -0.05) is 6.07 Å². The van der Waals surface area contributed by atoms with Crippen molar-refractivity contribution >= 4 is 5.91 Å². The van der Waals surface area contributed by atoms with Gasteiger partial charge in [0.1, 0.15) is 0 Å². The Bertz CT molecular complexity index is 374. The van der Waals surface area contributed by atoms with Gasteiger partial charge in [-0.3, -0.25) is 9.78 Å². The first-order chi connectivity index (χ1) is 8.81. The van der Waals surface area contributed by atoms with Crippen molar-refractivity contribution in [3.05, 3.63) is 30.1 Å². The van der Waals surface area contributed by atoms with Crippen molar-refractivity contribution in [1.29, 1.82) is 0 Å². The van der Waals surface area contributed by atoms with Gasteiger partial charge in [-0.05, 0) is 38.4 Å². The predicted molar refractivity (Wildman–Crippen MR) is 70.9 cm³/mol. The maximum absolute atomic E-state index is 12.4. The number of hydrogen-bond acceptors (Lipinski definition) is 3. The fraction of sp³-hybridized carbons (Fsp3) is 0.571. The second kappa shape index (κ2) is 6.50. The monoisotopic (exact) mass is 247 g/mol. The highest BCUT2D eigenvalue weighted by Crippen LogP contribution is 2.14. The molecule has 0 saturated carbocycles. The first-order valence-corrected chi connectivity index (χ1v) is 6.70. The van der Waals surface area contributed by atoms with Gasteiger partial charge in [0.15, 0.2) is 0 Å². The van der Waals surface area contributed by atoms with Crippen LogP contribution in [0.2, 0.25) is 0 Å². The molecule has 1 amide bonds. The van der Waals surface area contributed by atoms with Gasteiger partial charge >= 0.3 is 0 Å². The molecule has 0 aromatic carbocycles. The van der Waals surface area contributed by atoms with E-state index in [9.17, 15) is 4.79 Å². The van der Waals surface area contributed by atoms with Gasteiger partial charge in [-0.2, -0.15) is 0 Å². The minimum atomic E-state index is 0.141. The van der Waals surface area contributed by atoms with Crippen molar-refractivity contribution in [3.8, 4) is 0 Å². The zero-order valence-corrected chi connectivity index (χ0v) is 10.9. The largest absolute Gasteiger partial charge is 0.337 e. The Morgan fingerprint density at radius 3 is 3.06 bits per heavy atom. The number of carbonyl (C=O) groups excluding carboxylic acids is 1. The first-order valence-electron chi connectivity index (χ1n) is 6.70. The van der Waals surface area contributed by atoms with Gasteiger partial charge in [0, 0.05) is 19.3 Å². The average Bonchev–Trinajstić information content (AvgIpc) is 2.46. The minimum Gasteiger partial charge on any atom is -0.337 e. The molecule has 0 bridgehead atoms. The van der Waals surface area contributed by atoms with E-state index in [1.165, 1.54) is 0 Å². The maximum atomic E-state index is 12.4. The molecule has 4 heteroatoms. The molecule has 0 aliphatic carbocycles. The molecule has 1 fully saturated rings. The molecule has 1 N–H and O–H groups in total. The molecule has 18 heavy (non-hydrogen) atoms. The molecule has 1 unspecified atom stereocenters. The molecular formula is C14H21N3O. The van der Waals surface area contributed by atoms with E-state index in [-0.39, 0.29) is 11.8 Å². The Morgan fingerprint density at radius 2 is 2.44 bits per heavy atom. The van der Waals surface area contributed by atoms with E-state index < -0.39 is 0 Å². The normalized spacial score (nSPS) is 19.5. The van der Waals surface area contributed by atoms with E-state index in [0.717, 1.165) is 38.2 Å². The summed E-state index contributed by atoms with van der Waals surface area (Å²) < 4.78 is 0. The van der Waals surface area contributed by atoms with E-state index in [1.54, 1.807) is 6.20 Å². The second-order valence-corrected chi connectivity index (χ2v) is 4.72. The Labute approximate surface area is 108 Å². The summed E-state index contributed by atoms with van der Waals surface area (Å²) in [4.78, 5) is 18.6. The summed E-state index contributed by atoms with van der Waals surface area (Å²) in [5.41, 5.74) is 0.955. The number of nitrogens with zero attached hydrogens (tertiary/aromatic N) is 2. The standard InChI is InChI=1S/C14H21N3O/c1-2-17(11-13-7-3-4-9-16-13)14(18)12-6-5-8-15-10-12/h3-4,7,9,12,15H,2,5-6,8,10-11H2,1H3. The van der Waals surface area contributed by atoms with Crippen LogP contribution >= 0.6 is 0 Å². The van der Waals surface area contributed by atoms with Gasteiger partial charge in [-0.25, -0.2) is 0 Å². The smallest absolute Gasteiger partial charge is 0.227 e. The molecule has 1 aliphatic rings. The van der Waals surface area contributed by atoms with E-state index in [4.69, 9.17) is 0 Å². The molecule has 0 radical (unpaired) electrons. The Morgan fingerprint density at radius 1 is 1.56 bits per heavy atom. The third kappa shape index (κ3) is 3.29. The number of amides is 1. The number of piperidine rings is 1. The van der Waals surface area contributed by atoms with Crippen LogP contribution in [0.4, 0.5) is 0 Å². The fourth-order valence-electron chi connectivity index (χ4n) is 2.35. The summed E-state index contributed by atoms with van der Waals surface area (Å²) in [6, 6.07) is 5.82. The lowest BCUT2D eigenvalue weighted by Gasteiger charge is -2.28. The molecule has 1 aromatic rings. The Kier molecular flexibility index (Phi) is 4.70. The molecule has 1 saturated heterocycles. The van der Waals surface area contributed by atoms with Crippen LogP contribution in [0.1, 0.15) is 25.5 Å². The minimum absolute atomic E-state index is 0.141. The Hall–Kier alpha value is -1.42. The molecule has 1 aliphatic heterocycles. The lowest BCUT2D eigenvalue weighted by molar-refractivity contribution is -0.136. The van der Waals surface area contributed by atoms with Gasteiger partial charge in [-0.15, -0.1) is 0 Å². The Balaban J connectivity index is 1.97. The molecule has 1 aromatic heterocycles. The van der Waals surface area contributed by atoms with E-state index in [1.807, 2.05) is 30.0 Å². The maximum Gasteiger partial charge on any atom is 0.227 e. The molecule has 98 valence electrons. The van der Waals surface area contributed by atoms with Crippen molar-refractivity contribution in [2.45, 2.75) is 26.3 Å². The molecule has 2 rings (SSSR count). The summed E-state index contributed by atoms with van der Waals surface area (Å²) in [6.07, 6.45) is 3.87. The third-order valence-electron chi connectivity index (χ3n) is 3.42. The van der Waals surface area contributed by atoms with Crippen LogP contribution in [-0.2, 0) is 11.3 Å². The van der Waals surface area contributed by atoms with Gasteiger partial charge in [0.2, 0.25) is 5.91 Å². The number of pyridine rings is 1. The van der Waals surface area contributed by atoms with Crippen molar-refractivity contribution < 1.29 is 4.79 Å². The van der Waals surface area contributed by atoms with Crippen LogP contribution in [0.15, 0.2) is 24.4 Å². The number of aromatic nitrogens is 1. The van der Waals surface area contributed by atoms with Crippen LogP contribution in [0.3, 0.4) is 0 Å². The SMILES string of the molecule is CCN(Cc1ccccn1)C(=O)C1CCCNC1. The van der Waals surface area contributed by atoms with E-state index >= 15 is 0 Å². The van der Waals surface area contributed by atoms with Crippen LogP contribution in [0, 0.1) is 5.92 Å². The summed E-state index contributed by atoms with van der Waals surface area (Å²) in [5, 5.41) is 3.30. The molecular weight excluding hydrogens is 226 g/mol. The fourth-order valence-corrected chi connectivity index (χ4v) is 2.35. The highest BCUT2D eigenvalue weighted by atomic mass is 16.2. The first kappa shape index (κ1) is 13.0. The van der Waals surface area contributed by atoms with Crippen molar-refractivity contribution in [2.75, 3.05) is 19.6 Å². The lowest BCUT2D eigenvalue weighted by atomic mass is 9.98. The number of rotatable bonds is 4. The predicted octanol–water partition coefficient (Wildman–Crippen LogP) is 1.43. The molecule has 4 nitrogen and oxygen atoms in total. The molecule has 0 spiro atoms. The van der Waals surface area contributed by atoms with Crippen molar-refractivity contribution in [2.24, 2.45) is 5.92 Å². The van der Waals surface area contributed by atoms with Crippen LogP contribution in [0.25, 0.3) is 0 Å². The van der Waals surface area contributed by atoms with Gasteiger partial charge in [0.05, 0.1) is 18.2 Å². The number of carbonyl (C=O) groups is 1. The second-order valence-electron chi connectivity index (χ2n) is 4.72. The lowest BCUT2D eigenvalue weighted by Crippen LogP contribution is -2.42. The zero-order valence-electron chi connectivity index (χ0n) is 10.9. The summed E-state index contributed by atoms with van der Waals surface area (Å²) >= 11 is 0. The van der Waals surface area contributed by atoms with Crippen LogP contribution in [0.5, 0.6) is 0 Å². The summed E-state index contributed by atoms with van der Waals surface area (Å²) in [6.45, 7) is 5.24. The van der Waals surface area contributed by atoms with Crippen LogP contribution < -0.4 is 5.32 Å². The summed E-state index contributed by atoms with van der Waals surface area (Å²) in [7, 11) is 0. The zero-order chi connectivity index (χ0) is 12.8. The van der Waals surface area contributed by atoms with Crippen molar-refractivity contribution in [1.82, 2.24) is 15.2 Å². The highest BCUT2D eigenvalue weighted by Gasteiger charge is 2.25. The molecule has 2 heterocycles. The topological polar surface area (TPSA) is 45.2 Å². The highest BCUT2D eigenvalue weighted by molar-refractivity contribution is 5.79. The van der Waals surface area contributed by atoms with Gasteiger partial charge in [0.25, 0.3) is 0 Å². The third-order valence-corrected chi connectivity index (χ3v) is 3.42. The van der Waals surface area contributed by atoms with Crippen LogP contribution in [-0.4, -0.2) is 35.4 Å². The van der Waals surface area contributed by atoms with E-state index in [2.05, 4.69) is 10.3 Å². The summed E-state index contributed by atoms with van der Waals surface area (Å²) in [5.74, 6) is 0.401. The average molecular weight is 247 g/mol. The quantitative estimate of drug-likeness (QED) is 0.875. The van der Waals surface area contributed by atoms with Gasteiger partial charge < -0.3 is 10.2 Å². The number of hydrogen-bond donors (Lipinski definition) is 1. The van der Waals surface area contributed by atoms with Crippen molar-refractivity contribution in [3.63, 3.8) is 0 Å². The van der Waals surface area contributed by atoms with E-state index in [0.29, 0.717) is 6.54 Å². The molecule has 1 atom stereocenters.